The summed E-state index contributed by atoms with van der Waals surface area (Å²) in [5, 5.41) is 7.36. The number of amides is 3. The SMILES string of the molecule is Cn1cc(C(=O)NC2CCN(C(N)=O)C2)c(C(C)(C)C)n1. The van der Waals surface area contributed by atoms with E-state index in [4.69, 9.17) is 5.73 Å². The zero-order valence-corrected chi connectivity index (χ0v) is 13.0. The maximum atomic E-state index is 12.5. The number of nitrogens with two attached hydrogens (primary N) is 1. The second-order valence-electron chi connectivity index (χ2n) is 6.56. The van der Waals surface area contributed by atoms with Crippen molar-refractivity contribution in [3.05, 3.63) is 17.5 Å². The Kier molecular flexibility index (Phi) is 3.93. The first-order valence-corrected chi connectivity index (χ1v) is 7.08. The van der Waals surface area contributed by atoms with E-state index in [1.807, 2.05) is 20.8 Å². The average Bonchev–Trinajstić information content (AvgIpc) is 2.94. The summed E-state index contributed by atoms with van der Waals surface area (Å²) in [6.45, 7) is 7.12. The third kappa shape index (κ3) is 3.34. The number of hydrogen-bond acceptors (Lipinski definition) is 3. The lowest BCUT2D eigenvalue weighted by Gasteiger charge is -2.18. The minimum absolute atomic E-state index is 0.0574. The highest BCUT2D eigenvalue weighted by Gasteiger charge is 2.30. The number of rotatable bonds is 2. The highest BCUT2D eigenvalue weighted by molar-refractivity contribution is 5.95. The van der Waals surface area contributed by atoms with Crippen LogP contribution >= 0.6 is 0 Å². The lowest BCUT2D eigenvalue weighted by Crippen LogP contribution is -2.40. The fraction of sp³-hybridized carbons (Fsp3) is 0.643. The van der Waals surface area contributed by atoms with Crippen molar-refractivity contribution in [3.8, 4) is 0 Å². The number of nitrogens with one attached hydrogen (secondary N) is 1. The molecule has 1 aliphatic heterocycles. The molecule has 1 fully saturated rings. The third-order valence-electron chi connectivity index (χ3n) is 3.62. The molecule has 0 aliphatic carbocycles. The van der Waals surface area contributed by atoms with Crippen molar-refractivity contribution in [1.29, 1.82) is 0 Å². The van der Waals surface area contributed by atoms with Gasteiger partial charge in [0.2, 0.25) is 0 Å². The molecule has 3 amide bonds. The Morgan fingerprint density at radius 3 is 2.62 bits per heavy atom. The summed E-state index contributed by atoms with van der Waals surface area (Å²) in [4.78, 5) is 25.1. The molecular weight excluding hydrogens is 270 g/mol. The van der Waals surface area contributed by atoms with Crippen molar-refractivity contribution in [3.63, 3.8) is 0 Å². The van der Waals surface area contributed by atoms with E-state index in [2.05, 4.69) is 10.4 Å². The van der Waals surface area contributed by atoms with Crippen LogP contribution in [-0.2, 0) is 12.5 Å². The van der Waals surface area contributed by atoms with Gasteiger partial charge in [-0.15, -0.1) is 0 Å². The van der Waals surface area contributed by atoms with Crippen molar-refractivity contribution in [2.75, 3.05) is 13.1 Å². The molecule has 0 spiro atoms. The first kappa shape index (κ1) is 15.3. The van der Waals surface area contributed by atoms with E-state index in [1.54, 1.807) is 22.8 Å². The van der Waals surface area contributed by atoms with Crippen LogP contribution < -0.4 is 11.1 Å². The quantitative estimate of drug-likeness (QED) is 0.836. The van der Waals surface area contributed by atoms with Gasteiger partial charge in [-0.2, -0.15) is 5.10 Å². The lowest BCUT2D eigenvalue weighted by molar-refractivity contribution is 0.0935. The number of primary amides is 1. The highest BCUT2D eigenvalue weighted by atomic mass is 16.2. The Hall–Kier alpha value is -2.05. The first-order valence-electron chi connectivity index (χ1n) is 7.08. The van der Waals surface area contributed by atoms with Gasteiger partial charge < -0.3 is 16.0 Å². The Morgan fingerprint density at radius 2 is 2.10 bits per heavy atom. The van der Waals surface area contributed by atoms with Gasteiger partial charge >= 0.3 is 6.03 Å². The van der Waals surface area contributed by atoms with E-state index in [9.17, 15) is 9.59 Å². The van der Waals surface area contributed by atoms with E-state index in [0.29, 0.717) is 18.7 Å². The van der Waals surface area contributed by atoms with Crippen LogP contribution in [0.5, 0.6) is 0 Å². The van der Waals surface area contributed by atoms with Crippen LogP contribution in [0.15, 0.2) is 6.20 Å². The summed E-state index contributed by atoms with van der Waals surface area (Å²) >= 11 is 0. The number of aryl methyl sites for hydroxylation is 1. The average molecular weight is 293 g/mol. The number of carbonyl (C=O) groups excluding carboxylic acids is 2. The zero-order valence-electron chi connectivity index (χ0n) is 13.0. The van der Waals surface area contributed by atoms with Crippen LogP contribution in [0, 0.1) is 0 Å². The number of likely N-dealkylation sites (tertiary alicyclic amines) is 1. The normalized spacial score (nSPS) is 18.9. The molecule has 3 N–H and O–H groups in total. The molecule has 0 saturated carbocycles. The van der Waals surface area contributed by atoms with Crippen LogP contribution in [-0.4, -0.2) is 45.8 Å². The fourth-order valence-electron chi connectivity index (χ4n) is 2.55. The van der Waals surface area contributed by atoms with Crippen molar-refractivity contribution >= 4 is 11.9 Å². The molecule has 7 nitrogen and oxygen atoms in total. The number of urea groups is 1. The molecule has 1 saturated heterocycles. The third-order valence-corrected chi connectivity index (χ3v) is 3.62. The molecule has 1 aliphatic rings. The van der Waals surface area contributed by atoms with Crippen molar-refractivity contribution < 1.29 is 9.59 Å². The second-order valence-corrected chi connectivity index (χ2v) is 6.56. The second kappa shape index (κ2) is 5.38. The standard InChI is InChI=1S/C14H23N5O2/c1-14(2,3)11-10(8-18(4)17-11)12(20)16-9-5-6-19(7-9)13(15)21/h8-9H,5-7H2,1-4H3,(H2,15,21)(H,16,20). The predicted molar refractivity (Wildman–Crippen MR) is 78.9 cm³/mol. The van der Waals surface area contributed by atoms with Gasteiger partial charge in [0.05, 0.1) is 11.3 Å². The van der Waals surface area contributed by atoms with Gasteiger partial charge in [0.1, 0.15) is 0 Å². The van der Waals surface area contributed by atoms with Crippen LogP contribution in [0.25, 0.3) is 0 Å². The number of carbonyl (C=O) groups is 2. The maximum absolute atomic E-state index is 12.5. The van der Waals surface area contributed by atoms with E-state index < -0.39 is 6.03 Å². The Morgan fingerprint density at radius 1 is 1.43 bits per heavy atom. The lowest BCUT2D eigenvalue weighted by atomic mass is 9.89. The molecule has 2 heterocycles. The minimum atomic E-state index is -0.441. The maximum Gasteiger partial charge on any atom is 0.314 e. The Balaban J connectivity index is 2.10. The molecule has 1 unspecified atom stereocenters. The van der Waals surface area contributed by atoms with Crippen LogP contribution in [0.4, 0.5) is 4.79 Å². The smallest absolute Gasteiger partial charge is 0.314 e. The van der Waals surface area contributed by atoms with Crippen molar-refractivity contribution in [2.45, 2.75) is 38.6 Å². The molecule has 0 radical (unpaired) electrons. The van der Waals surface area contributed by atoms with Gasteiger partial charge in [-0.25, -0.2) is 4.79 Å². The Labute approximate surface area is 124 Å². The van der Waals surface area contributed by atoms with E-state index in [0.717, 1.165) is 12.1 Å². The number of nitrogens with zero attached hydrogens (tertiary/aromatic N) is 3. The summed E-state index contributed by atoms with van der Waals surface area (Å²) in [6.07, 6.45) is 2.45. The van der Waals surface area contributed by atoms with Gasteiger partial charge in [-0.1, -0.05) is 20.8 Å². The summed E-state index contributed by atoms with van der Waals surface area (Å²) < 4.78 is 1.65. The summed E-state index contributed by atoms with van der Waals surface area (Å²) in [5.41, 5.74) is 6.40. The minimum Gasteiger partial charge on any atom is -0.351 e. The van der Waals surface area contributed by atoms with Gasteiger partial charge in [0.25, 0.3) is 5.91 Å². The summed E-state index contributed by atoms with van der Waals surface area (Å²) in [7, 11) is 1.80. The highest BCUT2D eigenvalue weighted by Crippen LogP contribution is 2.24. The monoisotopic (exact) mass is 293 g/mol. The molecule has 21 heavy (non-hydrogen) atoms. The van der Waals surface area contributed by atoms with Crippen LogP contribution in [0.3, 0.4) is 0 Å². The predicted octanol–water partition coefficient (Wildman–Crippen LogP) is 0.600. The molecule has 116 valence electrons. The summed E-state index contributed by atoms with van der Waals surface area (Å²) in [6, 6.07) is -0.499. The number of aromatic nitrogens is 2. The van der Waals surface area contributed by atoms with Gasteiger partial charge in [0.15, 0.2) is 0 Å². The molecule has 1 aromatic rings. The molecule has 7 heteroatoms. The van der Waals surface area contributed by atoms with Gasteiger partial charge in [0, 0.05) is 37.8 Å². The molecule has 1 aromatic heterocycles. The molecule has 0 aromatic carbocycles. The van der Waals surface area contributed by atoms with Gasteiger partial charge in [-0.05, 0) is 6.42 Å². The molecular formula is C14H23N5O2. The van der Waals surface area contributed by atoms with Crippen molar-refractivity contribution in [1.82, 2.24) is 20.0 Å². The largest absolute Gasteiger partial charge is 0.351 e. The van der Waals surface area contributed by atoms with Gasteiger partial charge in [-0.3, -0.25) is 9.48 Å². The van der Waals surface area contributed by atoms with E-state index >= 15 is 0 Å². The Bertz CT molecular complexity index is 558. The van der Waals surface area contributed by atoms with Crippen molar-refractivity contribution in [2.24, 2.45) is 12.8 Å². The molecule has 1 atom stereocenters. The fourth-order valence-corrected chi connectivity index (χ4v) is 2.55. The van der Waals surface area contributed by atoms with Crippen LogP contribution in [0.1, 0.15) is 43.2 Å². The van der Waals surface area contributed by atoms with E-state index in [1.165, 1.54) is 0 Å². The topological polar surface area (TPSA) is 93.3 Å². The zero-order chi connectivity index (χ0) is 15.8. The first-order chi connectivity index (χ1) is 9.68. The van der Waals surface area contributed by atoms with E-state index in [-0.39, 0.29) is 17.4 Å². The number of hydrogen-bond donors (Lipinski definition) is 2. The summed E-state index contributed by atoms with van der Waals surface area (Å²) in [5.74, 6) is -0.149. The van der Waals surface area contributed by atoms with Crippen LogP contribution in [0.2, 0.25) is 0 Å². The molecule has 0 bridgehead atoms. The molecule has 2 rings (SSSR count).